The third kappa shape index (κ3) is 9.69. The van der Waals surface area contributed by atoms with E-state index in [2.05, 4.69) is 42.7 Å². The van der Waals surface area contributed by atoms with Gasteiger partial charge >= 0.3 is 0 Å². The number of aryl methyl sites for hydroxylation is 1. The first-order chi connectivity index (χ1) is 9.43. The van der Waals surface area contributed by atoms with Crippen LogP contribution in [0.2, 0.25) is 0 Å². The molecule has 1 radical (unpaired) electrons. The van der Waals surface area contributed by atoms with E-state index in [-0.39, 0.29) is 0 Å². The minimum Gasteiger partial charge on any atom is -0.381 e. The second-order valence-electron chi connectivity index (χ2n) is 4.97. The molecule has 0 aliphatic heterocycles. The maximum atomic E-state index is 5.65. The van der Waals surface area contributed by atoms with Crippen molar-refractivity contribution in [1.82, 2.24) is 5.32 Å². The molecule has 1 N–H and O–H groups in total. The lowest BCUT2D eigenvalue weighted by molar-refractivity contribution is 0.126. The molecule has 107 valence electrons. The zero-order valence-corrected chi connectivity index (χ0v) is 12.1. The number of rotatable bonds is 12. The van der Waals surface area contributed by atoms with E-state index in [1.54, 1.807) is 0 Å². The second kappa shape index (κ2) is 12.2. The van der Waals surface area contributed by atoms with Crippen molar-refractivity contribution < 1.29 is 4.74 Å². The van der Waals surface area contributed by atoms with E-state index in [1.807, 2.05) is 0 Å². The van der Waals surface area contributed by atoms with Gasteiger partial charge in [0.2, 0.25) is 0 Å². The van der Waals surface area contributed by atoms with Crippen LogP contribution in [0.25, 0.3) is 0 Å². The third-order valence-corrected chi connectivity index (χ3v) is 3.24. The summed E-state index contributed by atoms with van der Waals surface area (Å²) in [5.74, 6) is 0. The van der Waals surface area contributed by atoms with Gasteiger partial charge in [0, 0.05) is 20.3 Å². The number of nitrogens with one attached hydrogen (secondary N) is 1. The van der Waals surface area contributed by atoms with E-state index >= 15 is 0 Å². The molecule has 0 heterocycles. The highest BCUT2D eigenvalue weighted by atomic mass is 16.5. The minimum atomic E-state index is 0.910. The zero-order chi connectivity index (χ0) is 13.6. The summed E-state index contributed by atoms with van der Waals surface area (Å²) in [4.78, 5) is 0. The van der Waals surface area contributed by atoms with Gasteiger partial charge in [-0.3, -0.25) is 0 Å². The molecule has 0 bridgehead atoms. The predicted octanol–water partition coefficient (Wildman–Crippen LogP) is 3.97. The van der Waals surface area contributed by atoms with E-state index in [0.717, 1.165) is 19.8 Å². The molecule has 0 fully saturated rings. The molecule has 2 heteroatoms. The normalized spacial score (nSPS) is 10.8. The Bertz CT molecular complexity index is 287. The van der Waals surface area contributed by atoms with E-state index in [0.29, 0.717) is 0 Å². The number of hydrogen-bond donors (Lipinski definition) is 1. The van der Waals surface area contributed by atoms with Crippen LogP contribution in [0.5, 0.6) is 0 Å². The van der Waals surface area contributed by atoms with E-state index in [4.69, 9.17) is 4.74 Å². The van der Waals surface area contributed by atoms with Gasteiger partial charge in [0.05, 0.1) is 0 Å². The number of benzene rings is 1. The summed E-state index contributed by atoms with van der Waals surface area (Å²) in [7, 11) is 3.61. The van der Waals surface area contributed by atoms with Gasteiger partial charge in [-0.15, -0.1) is 0 Å². The maximum absolute atomic E-state index is 5.65. The summed E-state index contributed by atoms with van der Waals surface area (Å²) >= 11 is 0. The monoisotopic (exact) mass is 262 g/mol. The second-order valence-corrected chi connectivity index (χ2v) is 4.97. The average molecular weight is 262 g/mol. The fourth-order valence-electron chi connectivity index (χ4n) is 2.09. The SMILES string of the molecule is [CH2]NCCCCCCOCCCCc1ccccc1. The Hall–Kier alpha value is -0.860. The quantitative estimate of drug-likeness (QED) is 0.576. The van der Waals surface area contributed by atoms with Gasteiger partial charge in [-0.25, -0.2) is 0 Å². The van der Waals surface area contributed by atoms with Crippen LogP contribution in [0.4, 0.5) is 0 Å². The minimum absolute atomic E-state index is 0.910. The van der Waals surface area contributed by atoms with Crippen LogP contribution in [0, 0.1) is 7.05 Å². The van der Waals surface area contributed by atoms with Crippen LogP contribution < -0.4 is 5.32 Å². The van der Waals surface area contributed by atoms with Crippen molar-refractivity contribution in [2.45, 2.75) is 44.9 Å². The fourth-order valence-corrected chi connectivity index (χ4v) is 2.09. The van der Waals surface area contributed by atoms with Crippen molar-refractivity contribution in [3.63, 3.8) is 0 Å². The largest absolute Gasteiger partial charge is 0.381 e. The lowest BCUT2D eigenvalue weighted by atomic mass is 10.1. The van der Waals surface area contributed by atoms with E-state index in [9.17, 15) is 0 Å². The molecule has 0 amide bonds. The zero-order valence-electron chi connectivity index (χ0n) is 12.1. The molecule has 0 aliphatic rings. The Morgan fingerprint density at radius 3 is 2.26 bits per heavy atom. The molecule has 0 saturated carbocycles. The Kier molecular flexibility index (Phi) is 10.4. The topological polar surface area (TPSA) is 21.3 Å². The smallest absolute Gasteiger partial charge is 0.0466 e. The summed E-state index contributed by atoms with van der Waals surface area (Å²) in [5.41, 5.74) is 1.43. The van der Waals surface area contributed by atoms with Gasteiger partial charge in [0.25, 0.3) is 0 Å². The fraction of sp³-hybridized carbons (Fsp3) is 0.588. The highest BCUT2D eigenvalue weighted by molar-refractivity contribution is 5.14. The summed E-state index contributed by atoms with van der Waals surface area (Å²) in [6.07, 6.45) is 8.52. The van der Waals surface area contributed by atoms with Crippen molar-refractivity contribution in [2.75, 3.05) is 19.8 Å². The Morgan fingerprint density at radius 1 is 0.842 bits per heavy atom. The van der Waals surface area contributed by atoms with E-state index < -0.39 is 0 Å². The summed E-state index contributed by atoms with van der Waals surface area (Å²) in [6.45, 7) is 2.86. The van der Waals surface area contributed by atoms with Crippen LogP contribution in [0.1, 0.15) is 44.1 Å². The van der Waals surface area contributed by atoms with Gasteiger partial charge in [-0.1, -0.05) is 43.2 Å². The van der Waals surface area contributed by atoms with Crippen LogP contribution in [0.3, 0.4) is 0 Å². The number of hydrogen-bond acceptors (Lipinski definition) is 2. The molecule has 0 atom stereocenters. The van der Waals surface area contributed by atoms with Crippen LogP contribution in [-0.4, -0.2) is 19.8 Å². The molecule has 2 nitrogen and oxygen atoms in total. The van der Waals surface area contributed by atoms with Crippen molar-refractivity contribution in [3.05, 3.63) is 42.9 Å². The number of ether oxygens (including phenoxy) is 1. The molecule has 0 unspecified atom stereocenters. The van der Waals surface area contributed by atoms with E-state index in [1.165, 1.54) is 50.5 Å². The average Bonchev–Trinajstić information content (AvgIpc) is 2.46. The van der Waals surface area contributed by atoms with Gasteiger partial charge in [0.1, 0.15) is 0 Å². The van der Waals surface area contributed by atoms with Crippen molar-refractivity contribution >= 4 is 0 Å². The van der Waals surface area contributed by atoms with Gasteiger partial charge in [-0.2, -0.15) is 0 Å². The highest BCUT2D eigenvalue weighted by Gasteiger charge is 1.94. The molecule has 0 aromatic heterocycles. The predicted molar refractivity (Wildman–Crippen MR) is 82.0 cm³/mol. The Labute approximate surface area is 118 Å². The molecule has 0 spiro atoms. The third-order valence-electron chi connectivity index (χ3n) is 3.24. The molecule has 19 heavy (non-hydrogen) atoms. The van der Waals surface area contributed by atoms with Crippen molar-refractivity contribution in [2.24, 2.45) is 0 Å². The Morgan fingerprint density at radius 2 is 1.53 bits per heavy atom. The molecule has 0 saturated heterocycles. The molecular formula is C17H28NO. The summed E-state index contributed by atoms with van der Waals surface area (Å²) in [6, 6.07) is 10.7. The van der Waals surface area contributed by atoms with Crippen molar-refractivity contribution in [3.8, 4) is 0 Å². The maximum Gasteiger partial charge on any atom is 0.0466 e. The number of unbranched alkanes of at least 4 members (excludes halogenated alkanes) is 4. The molecule has 1 aromatic rings. The lowest BCUT2D eigenvalue weighted by Gasteiger charge is -2.05. The summed E-state index contributed by atoms with van der Waals surface area (Å²) in [5, 5.41) is 2.93. The summed E-state index contributed by atoms with van der Waals surface area (Å²) < 4.78 is 5.65. The standard InChI is InChI=1S/C17H28NO/c1-18-14-8-2-3-9-15-19-16-10-7-13-17-11-5-4-6-12-17/h4-6,11-12,18H,1-3,7-10,13-16H2. The first kappa shape index (κ1) is 16.2. The molecule has 1 rings (SSSR count). The van der Waals surface area contributed by atoms with Gasteiger partial charge in [-0.05, 0) is 44.2 Å². The van der Waals surface area contributed by atoms with Crippen LogP contribution in [-0.2, 0) is 11.2 Å². The highest BCUT2D eigenvalue weighted by Crippen LogP contribution is 2.05. The van der Waals surface area contributed by atoms with Crippen molar-refractivity contribution in [1.29, 1.82) is 0 Å². The van der Waals surface area contributed by atoms with Gasteiger partial charge < -0.3 is 10.1 Å². The molecule has 1 aromatic carbocycles. The van der Waals surface area contributed by atoms with Crippen LogP contribution >= 0.6 is 0 Å². The molecular weight excluding hydrogens is 234 g/mol. The molecule has 0 aliphatic carbocycles. The Balaban J connectivity index is 1.79. The van der Waals surface area contributed by atoms with Gasteiger partial charge in [0.15, 0.2) is 0 Å². The van der Waals surface area contributed by atoms with Crippen LogP contribution in [0.15, 0.2) is 30.3 Å². The lowest BCUT2D eigenvalue weighted by Crippen LogP contribution is -2.04. The first-order valence-electron chi connectivity index (χ1n) is 7.55. The first-order valence-corrected chi connectivity index (χ1v) is 7.55.